The number of hydrogen-bond acceptors (Lipinski definition) is 3. The molecule has 0 saturated heterocycles. The van der Waals surface area contributed by atoms with E-state index in [-0.39, 0.29) is 0 Å². The largest absolute Gasteiger partial charge is 0.494 e. The van der Waals surface area contributed by atoms with Gasteiger partial charge in [0.05, 0.1) is 6.61 Å². The van der Waals surface area contributed by atoms with Gasteiger partial charge in [-0.2, -0.15) is 0 Å². The number of unbranched alkanes of at least 4 members (excludes halogenated alkanes) is 7. The molecular formula is C30H46N2O. The molecule has 0 fully saturated rings. The van der Waals surface area contributed by atoms with Crippen LogP contribution in [0.25, 0.3) is 11.4 Å². The standard InChI is InChI=1S/C30H46N2O/c1-4-6-7-8-9-10-11-12-16-23-33-29-21-19-28(20-22-29)30-31-24-27(25-32-30)18-15-13-14-17-26(3)5-2/h9-10,19-22,24-26H,4-8,11-18,23H2,1-3H3/b10-9-/t26-/m0/s1. The van der Waals surface area contributed by atoms with Gasteiger partial charge in [-0.05, 0) is 80.7 Å². The highest BCUT2D eigenvalue weighted by molar-refractivity contribution is 5.55. The average molecular weight is 451 g/mol. The van der Waals surface area contributed by atoms with Crippen molar-refractivity contribution in [1.29, 1.82) is 0 Å². The molecule has 0 aliphatic rings. The maximum absolute atomic E-state index is 5.90. The van der Waals surface area contributed by atoms with Gasteiger partial charge in [0, 0.05) is 18.0 Å². The van der Waals surface area contributed by atoms with Crippen LogP contribution < -0.4 is 4.74 Å². The molecule has 0 bridgehead atoms. The predicted octanol–water partition coefficient (Wildman–Crippen LogP) is 8.98. The van der Waals surface area contributed by atoms with E-state index in [1.165, 1.54) is 69.8 Å². The molecule has 0 spiro atoms. The van der Waals surface area contributed by atoms with Crippen molar-refractivity contribution in [3.05, 3.63) is 54.4 Å². The van der Waals surface area contributed by atoms with Crippen molar-refractivity contribution < 1.29 is 4.74 Å². The van der Waals surface area contributed by atoms with Gasteiger partial charge in [0.2, 0.25) is 0 Å². The Morgan fingerprint density at radius 2 is 1.52 bits per heavy atom. The van der Waals surface area contributed by atoms with Gasteiger partial charge in [0.15, 0.2) is 5.82 Å². The Bertz CT molecular complexity index is 752. The smallest absolute Gasteiger partial charge is 0.159 e. The van der Waals surface area contributed by atoms with E-state index in [0.29, 0.717) is 0 Å². The molecule has 0 N–H and O–H groups in total. The number of nitrogens with zero attached hydrogens (tertiary/aromatic N) is 2. The lowest BCUT2D eigenvalue weighted by Crippen LogP contribution is -1.97. The first-order valence-corrected chi connectivity index (χ1v) is 13.4. The summed E-state index contributed by atoms with van der Waals surface area (Å²) in [5, 5.41) is 0. The third kappa shape index (κ3) is 12.0. The zero-order valence-corrected chi connectivity index (χ0v) is 21.4. The van der Waals surface area contributed by atoms with E-state index in [0.717, 1.165) is 48.9 Å². The Hall–Kier alpha value is -2.16. The van der Waals surface area contributed by atoms with Gasteiger partial charge >= 0.3 is 0 Å². The summed E-state index contributed by atoms with van der Waals surface area (Å²) in [6, 6.07) is 8.16. The summed E-state index contributed by atoms with van der Waals surface area (Å²) in [5.41, 5.74) is 2.27. The lowest BCUT2D eigenvalue weighted by Gasteiger charge is -2.08. The molecule has 182 valence electrons. The fourth-order valence-corrected chi connectivity index (χ4v) is 3.84. The Kier molecular flexibility index (Phi) is 14.2. The van der Waals surface area contributed by atoms with Crippen LogP contribution in [0.2, 0.25) is 0 Å². The van der Waals surface area contributed by atoms with E-state index in [2.05, 4.69) is 55.0 Å². The van der Waals surface area contributed by atoms with Crippen LogP contribution in [0, 0.1) is 5.92 Å². The first-order chi connectivity index (χ1) is 16.2. The Labute approximate surface area is 203 Å². The lowest BCUT2D eigenvalue weighted by molar-refractivity contribution is 0.307. The summed E-state index contributed by atoms with van der Waals surface area (Å²) >= 11 is 0. The van der Waals surface area contributed by atoms with Crippen molar-refractivity contribution in [2.45, 2.75) is 104 Å². The molecule has 0 radical (unpaired) electrons. The highest BCUT2D eigenvalue weighted by atomic mass is 16.5. The summed E-state index contributed by atoms with van der Waals surface area (Å²) in [4.78, 5) is 9.18. The highest BCUT2D eigenvalue weighted by Gasteiger charge is 2.04. The van der Waals surface area contributed by atoms with Gasteiger partial charge in [-0.3, -0.25) is 0 Å². The number of hydrogen-bond donors (Lipinski definition) is 0. The Morgan fingerprint density at radius 1 is 0.818 bits per heavy atom. The van der Waals surface area contributed by atoms with Gasteiger partial charge in [0.1, 0.15) is 5.75 Å². The first-order valence-electron chi connectivity index (χ1n) is 13.4. The molecule has 1 heterocycles. The second kappa shape index (κ2) is 17.3. The number of aryl methyl sites for hydroxylation is 1. The molecule has 1 atom stereocenters. The molecule has 0 aliphatic heterocycles. The number of benzene rings is 1. The van der Waals surface area contributed by atoms with Gasteiger partial charge in [0.25, 0.3) is 0 Å². The minimum absolute atomic E-state index is 0.769. The maximum atomic E-state index is 5.90. The van der Waals surface area contributed by atoms with E-state index in [1.807, 2.05) is 24.5 Å². The molecule has 0 amide bonds. The Balaban J connectivity index is 1.62. The number of aromatic nitrogens is 2. The molecule has 3 nitrogen and oxygen atoms in total. The van der Waals surface area contributed by atoms with Crippen LogP contribution in [-0.4, -0.2) is 16.6 Å². The molecule has 1 aromatic heterocycles. The normalized spacial score (nSPS) is 12.3. The predicted molar refractivity (Wildman–Crippen MR) is 142 cm³/mol. The maximum Gasteiger partial charge on any atom is 0.159 e. The Morgan fingerprint density at radius 3 is 2.18 bits per heavy atom. The lowest BCUT2D eigenvalue weighted by atomic mass is 10.00. The quantitative estimate of drug-likeness (QED) is 0.168. The van der Waals surface area contributed by atoms with Crippen LogP contribution in [0.4, 0.5) is 0 Å². The summed E-state index contributed by atoms with van der Waals surface area (Å²) < 4.78 is 5.90. The van der Waals surface area contributed by atoms with Crippen molar-refractivity contribution in [1.82, 2.24) is 9.97 Å². The average Bonchev–Trinajstić information content (AvgIpc) is 2.85. The summed E-state index contributed by atoms with van der Waals surface area (Å²) in [7, 11) is 0. The van der Waals surface area contributed by atoms with Crippen LogP contribution in [0.3, 0.4) is 0 Å². The SMILES string of the molecule is CCCCC/C=C\CCCCOc1ccc(-c2ncc(CCCCC[C@@H](C)CC)cn2)cc1. The van der Waals surface area contributed by atoms with Gasteiger partial charge in [-0.1, -0.05) is 71.4 Å². The van der Waals surface area contributed by atoms with Crippen LogP contribution in [0.5, 0.6) is 5.75 Å². The van der Waals surface area contributed by atoms with Crippen LogP contribution in [0.15, 0.2) is 48.8 Å². The van der Waals surface area contributed by atoms with Crippen molar-refractivity contribution in [2.75, 3.05) is 6.61 Å². The molecule has 33 heavy (non-hydrogen) atoms. The second-order valence-electron chi connectivity index (χ2n) is 9.36. The topological polar surface area (TPSA) is 35.0 Å². The molecule has 0 saturated carbocycles. The van der Waals surface area contributed by atoms with Crippen molar-refractivity contribution in [2.24, 2.45) is 5.92 Å². The molecule has 2 rings (SSSR count). The van der Waals surface area contributed by atoms with E-state index in [1.54, 1.807) is 0 Å². The van der Waals surface area contributed by atoms with Gasteiger partial charge < -0.3 is 4.74 Å². The molecule has 1 aromatic carbocycles. The van der Waals surface area contributed by atoms with Crippen molar-refractivity contribution >= 4 is 0 Å². The molecule has 0 unspecified atom stereocenters. The zero-order valence-electron chi connectivity index (χ0n) is 21.4. The van der Waals surface area contributed by atoms with Crippen molar-refractivity contribution in [3.63, 3.8) is 0 Å². The number of rotatable bonds is 18. The third-order valence-corrected chi connectivity index (χ3v) is 6.35. The minimum Gasteiger partial charge on any atom is -0.494 e. The van der Waals surface area contributed by atoms with Gasteiger partial charge in [-0.25, -0.2) is 9.97 Å². The fraction of sp³-hybridized carbons (Fsp3) is 0.600. The highest BCUT2D eigenvalue weighted by Crippen LogP contribution is 2.20. The molecule has 2 aromatic rings. The molecule has 0 aliphatic carbocycles. The van der Waals surface area contributed by atoms with Crippen LogP contribution in [-0.2, 0) is 6.42 Å². The van der Waals surface area contributed by atoms with E-state index in [4.69, 9.17) is 4.74 Å². The zero-order chi connectivity index (χ0) is 23.6. The van der Waals surface area contributed by atoms with E-state index >= 15 is 0 Å². The number of allylic oxidation sites excluding steroid dienone is 2. The van der Waals surface area contributed by atoms with Crippen LogP contribution in [0.1, 0.15) is 103 Å². The van der Waals surface area contributed by atoms with E-state index in [9.17, 15) is 0 Å². The van der Waals surface area contributed by atoms with Crippen LogP contribution >= 0.6 is 0 Å². The third-order valence-electron chi connectivity index (χ3n) is 6.35. The fourth-order valence-electron chi connectivity index (χ4n) is 3.84. The van der Waals surface area contributed by atoms with Gasteiger partial charge in [-0.15, -0.1) is 0 Å². The summed E-state index contributed by atoms with van der Waals surface area (Å²) in [5.74, 6) is 2.56. The van der Waals surface area contributed by atoms with Crippen molar-refractivity contribution in [3.8, 4) is 17.1 Å². The summed E-state index contributed by atoms with van der Waals surface area (Å²) in [6.45, 7) is 7.65. The monoisotopic (exact) mass is 450 g/mol. The minimum atomic E-state index is 0.769. The number of ether oxygens (including phenoxy) is 1. The first kappa shape index (κ1) is 27.1. The molecular weight excluding hydrogens is 404 g/mol. The van der Waals surface area contributed by atoms with E-state index < -0.39 is 0 Å². The second-order valence-corrected chi connectivity index (χ2v) is 9.36. The summed E-state index contributed by atoms with van der Waals surface area (Å²) in [6.07, 6.45) is 24.8. The molecule has 3 heteroatoms.